The Morgan fingerprint density at radius 3 is 1.16 bits per heavy atom. The highest BCUT2D eigenvalue weighted by Crippen LogP contribution is 2.64. The molecule has 9 saturated heterocycles. The number of rotatable bonds is 35. The Kier molecular flexibility index (Phi) is 27.6. The number of aliphatic hydroxyl groups excluding tert-OH is 1. The number of aromatic amines is 5. The van der Waals surface area contributed by atoms with Gasteiger partial charge in [0.1, 0.15) is 102 Å². The monoisotopic (exact) mass is 2110 g/mol. The van der Waals surface area contributed by atoms with Gasteiger partial charge in [0.25, 0.3) is 27.8 Å². The van der Waals surface area contributed by atoms with Crippen LogP contribution in [0.2, 0.25) is 0 Å². The molecule has 0 aliphatic carbocycles. The lowest BCUT2D eigenvalue weighted by molar-refractivity contribution is -0.219. The number of nitrogens with one attached hydrogen (secondary N) is 5. The summed E-state index contributed by atoms with van der Waals surface area (Å²) in [5.41, 5.74) is -1.41. The first-order valence-corrected chi connectivity index (χ1v) is 55.8. The van der Waals surface area contributed by atoms with Crippen LogP contribution < -0.4 is 62.0 Å². The minimum Gasteiger partial charge on any atom is -0.393 e. The molecule has 9 unspecified atom stereocenters. The lowest BCUT2D eigenvalue weighted by Gasteiger charge is -2.38. The topological polar surface area (TPSA) is 714 Å². The van der Waals surface area contributed by atoms with Crippen molar-refractivity contribution in [1.82, 2.24) is 77.2 Å². The molecule has 67 heteroatoms. The summed E-state index contributed by atoms with van der Waals surface area (Å²) in [5.74, 6) is -0.274. The Balaban J connectivity index is 0.620. The van der Waals surface area contributed by atoms with Gasteiger partial charge >= 0.3 is 63.1 Å². The van der Waals surface area contributed by atoms with Crippen LogP contribution in [-0.2, 0) is 168 Å². The molecule has 8 aromatic heterocycles. The van der Waals surface area contributed by atoms with Crippen molar-refractivity contribution in [3.63, 3.8) is 0 Å². The van der Waals surface area contributed by atoms with E-state index in [4.69, 9.17) is 179 Å². The predicted molar refractivity (Wildman–Crippen MR) is 476 cm³/mol. The van der Waals surface area contributed by atoms with Crippen molar-refractivity contribution in [2.75, 3.05) is 58.2 Å². The van der Waals surface area contributed by atoms with Crippen molar-refractivity contribution in [3.8, 4) is 0 Å². The van der Waals surface area contributed by atoms with E-state index in [0.717, 1.165) is 37.8 Å². The molecule has 9 aliphatic heterocycles. The maximum absolute atomic E-state index is 13.9. The van der Waals surface area contributed by atoms with E-state index in [0.29, 0.717) is 0 Å². The standard InChI is InChI=1S/C67H86N18O37P6S6/c1-25-12-80(61(92)76-52(25)87)38-9-33(118-124(97,130)103-16-35-32(117-123(96,129)102-8)10-39(112-35)84-23-72-41-49(68)70-22-71-50(41)84)36(111-38)17-104-125(98,131)119-34-11-40(85-24-73-42-51(85)74-60(69)75-56(42)91)113-37(34)18-105-126(99,132)121-47-44-58(82-14-27(3)54(89)78-63(82)94)115-66(47,30(6)109-44)20-107-128(101,134)122-48-45-59(83-15-28(4)55(90)79-64(83)95)116-67(48,31(7)110-45)21-106-127(100,133)120-46-43-57(114-65(46,19-86)29(5)108-43)81-13-26(2)53(88)77-62(81)93/h12-15,22-24,29-40,43-48,57-59,86H,9-11,16-21H2,1-8H3,(H,96,129)(H,97,130)(H,98,131)(H,99,132)(H,100,133)(H,101,134)(H2,68,70,71)(H,76,87,92)(H,77,88,93)(H,78,89,94)(H,79,90,95)(H3,69,74,75,91)/t29-,30-,31-,32+,33+,34+,35+,36+,37+,38+,39+,40+,43?,44?,45?,46+,47+,48+,57+,58+,59+,65-,66-,67-,123?,124?,125?,126?,127?,128?/m0/s1. The molecule has 17 heterocycles. The molecule has 9 aliphatic rings. The second-order valence-electron chi connectivity index (χ2n) is 32.6. The van der Waals surface area contributed by atoms with Gasteiger partial charge in [-0.1, -0.05) is 0 Å². The van der Waals surface area contributed by atoms with Crippen molar-refractivity contribution < 1.29 is 131 Å². The van der Waals surface area contributed by atoms with Crippen LogP contribution in [0.4, 0.5) is 11.8 Å². The summed E-state index contributed by atoms with van der Waals surface area (Å²) < 4.78 is 137. The van der Waals surface area contributed by atoms with Gasteiger partial charge < -0.3 is 129 Å². The van der Waals surface area contributed by atoms with Crippen molar-refractivity contribution in [2.45, 2.75) is 213 Å². The number of aryl methyl sites for hydroxylation is 4. The summed E-state index contributed by atoms with van der Waals surface area (Å²) >= 11 is 33.7. The zero-order chi connectivity index (χ0) is 96.3. The Labute approximate surface area is 780 Å². The van der Waals surface area contributed by atoms with Gasteiger partial charge in [-0.15, -0.1) is 0 Å². The SMILES string of the molecule is COP(O)(=S)O[C@@H]1C[C@H](n2cnc3c(N)ncnc32)O[C@@H]1COP(O)(=S)O[C@@H]1C[C@H](n2cc(C)c(=O)[nH]c2=O)O[C@@H]1COP(O)(=S)O[C@@H]1C[C@H](n2cnc3c(=O)[nH]c(N)nc32)O[C@@H]1COP(O)(=S)O[C@@H]1C2O[C@@H](C)[C@]1(COP(O)(=S)O[C@@H]1C3O[C@@H](C)[C@]1(COP(O)(=S)O[C@@H]1C4O[C@@H](C)[C@]1(CO)O[C@H]4n1cc(C)c(=O)[nH]c1=O)O[C@H]3n1cc(C)c(=O)[nH]c1=O)O[C@H]2n1cc(C)c(=O)[nH]c1=O. The molecule has 0 spiro atoms. The average molecular weight is 2110 g/mol. The van der Waals surface area contributed by atoms with E-state index in [1.54, 1.807) is 0 Å². The first kappa shape index (κ1) is 99.6. The minimum atomic E-state index is -4.99. The predicted octanol–water partition coefficient (Wildman–Crippen LogP) is -2.08. The molecule has 0 aromatic carbocycles. The Bertz CT molecular complexity index is 6890. The van der Waals surface area contributed by atoms with Crippen molar-refractivity contribution in [3.05, 3.63) is 160 Å². The molecular weight excluding hydrogens is 2030 g/mol. The number of aliphatic hydroxyl groups is 1. The molecule has 0 saturated carbocycles. The van der Waals surface area contributed by atoms with Crippen LogP contribution in [0.3, 0.4) is 0 Å². The van der Waals surface area contributed by atoms with Crippen LogP contribution in [0.25, 0.3) is 22.3 Å². The van der Waals surface area contributed by atoms with E-state index in [1.807, 2.05) is 0 Å². The first-order chi connectivity index (χ1) is 62.9. The van der Waals surface area contributed by atoms with Crippen LogP contribution >= 0.6 is 40.3 Å². The molecule has 134 heavy (non-hydrogen) atoms. The second kappa shape index (κ2) is 37.1. The lowest BCUT2D eigenvalue weighted by Crippen LogP contribution is -2.52. The van der Waals surface area contributed by atoms with Gasteiger partial charge in [-0.25, -0.2) is 39.1 Å². The van der Waals surface area contributed by atoms with Crippen molar-refractivity contribution in [1.29, 1.82) is 0 Å². The van der Waals surface area contributed by atoms with Gasteiger partial charge in [-0.05, 0) is 119 Å². The Morgan fingerprint density at radius 2 is 0.761 bits per heavy atom. The molecule has 55 nitrogen and oxygen atoms in total. The highest BCUT2D eigenvalue weighted by atomic mass is 32.5. The maximum Gasteiger partial charge on any atom is 0.330 e. The number of hydrogen-bond acceptors (Lipinski definition) is 44. The number of hydrogen-bond donors (Lipinski definition) is 14. The van der Waals surface area contributed by atoms with Gasteiger partial charge in [-0.3, -0.25) is 89.9 Å². The van der Waals surface area contributed by atoms with Crippen LogP contribution in [0, 0.1) is 27.7 Å². The maximum atomic E-state index is 13.9. The molecule has 6 bridgehead atoms. The van der Waals surface area contributed by atoms with Crippen molar-refractivity contribution in [2.24, 2.45) is 0 Å². The van der Waals surface area contributed by atoms with E-state index < -0.39 is 276 Å². The van der Waals surface area contributed by atoms with Gasteiger partial charge in [0.15, 0.2) is 41.3 Å². The van der Waals surface area contributed by atoms with E-state index in [9.17, 15) is 77.6 Å². The van der Waals surface area contributed by atoms with E-state index >= 15 is 0 Å². The third-order valence-electron chi connectivity index (χ3n) is 24.2. The summed E-state index contributed by atoms with van der Waals surface area (Å²) in [5, 5.41) is 11.0. The van der Waals surface area contributed by atoms with Gasteiger partial charge in [0, 0.05) is 73.4 Å². The highest BCUT2D eigenvalue weighted by molar-refractivity contribution is 8.08. The molecule has 0 amide bonds. The molecule has 30 atom stereocenters. The van der Waals surface area contributed by atoms with Gasteiger partial charge in [0.2, 0.25) is 5.95 Å². The Morgan fingerprint density at radius 1 is 0.425 bits per heavy atom. The molecule has 732 valence electrons. The largest absolute Gasteiger partial charge is 0.393 e. The summed E-state index contributed by atoms with van der Waals surface area (Å²) in [7, 11) is 1.13. The van der Waals surface area contributed by atoms with Crippen molar-refractivity contribution >= 4 is 145 Å². The summed E-state index contributed by atoms with van der Waals surface area (Å²) in [6.45, 7) is -22.9. The summed E-state index contributed by atoms with van der Waals surface area (Å²) in [6.07, 6.45) is -21.5. The number of nitrogens with zero attached hydrogens (tertiary/aromatic N) is 11. The van der Waals surface area contributed by atoms with E-state index in [-0.39, 0.29) is 75.6 Å². The number of H-pyrrole nitrogens is 5. The molecule has 0 radical (unpaired) electrons. The lowest BCUT2D eigenvalue weighted by atomic mass is 9.94. The normalized spacial score (nSPS) is 34.2. The number of ether oxygens (including phenoxy) is 9. The minimum absolute atomic E-state index is 0.00971. The number of anilines is 2. The van der Waals surface area contributed by atoms with Gasteiger partial charge in [-0.2, -0.15) is 4.98 Å². The molecule has 9 fully saturated rings. The molecular formula is C67H86N18O37P6S6. The second-order valence-corrected chi connectivity index (χ2v) is 49.4. The number of imidazole rings is 2. The highest BCUT2D eigenvalue weighted by Gasteiger charge is 2.72. The zero-order valence-corrected chi connectivity index (χ0v) is 80.9. The average Bonchev–Trinajstić information content (AvgIpc) is 1.55. The molecule has 16 N–H and O–H groups in total. The van der Waals surface area contributed by atoms with Crippen LogP contribution in [0.1, 0.15) is 99.7 Å². The number of nitrogens with two attached hydrogens (primary N) is 2. The quantitative estimate of drug-likeness (QED) is 0.0190. The van der Waals surface area contributed by atoms with E-state index in [1.165, 1.54) is 89.0 Å². The van der Waals surface area contributed by atoms with Crippen LogP contribution in [0.5, 0.6) is 0 Å². The summed E-state index contributed by atoms with van der Waals surface area (Å²) in [4.78, 5) is 223. The number of fused-ring (bicyclic) bond motifs is 8. The third-order valence-corrected chi connectivity index (χ3v) is 33.7. The first-order valence-electron chi connectivity index (χ1n) is 40.3. The zero-order valence-electron chi connectivity index (χ0n) is 70.6. The molecule has 8 aromatic rings. The fourth-order valence-corrected chi connectivity index (χ4v) is 25.7. The third kappa shape index (κ3) is 19.1. The van der Waals surface area contributed by atoms with Crippen LogP contribution in [-0.4, -0.2) is 267 Å². The smallest absolute Gasteiger partial charge is 0.330 e. The fourth-order valence-electron chi connectivity index (χ4n) is 17.4. The Hall–Kier alpha value is -6.00. The van der Waals surface area contributed by atoms with Crippen LogP contribution in [0.15, 0.2) is 86.9 Å². The fraction of sp³-hybridized carbons (Fsp3) is 0.612. The number of aromatic nitrogens is 16. The summed E-state index contributed by atoms with van der Waals surface area (Å²) in [6, 6.07) is 0. The molecule has 17 rings (SSSR count). The number of nitrogen functional groups attached to an aromatic ring is 2. The van der Waals surface area contributed by atoms with Gasteiger partial charge in [0.05, 0.1) is 88.9 Å². The van der Waals surface area contributed by atoms with E-state index in [2.05, 4.69) is 49.8 Å².